The lowest BCUT2D eigenvalue weighted by atomic mass is 10.1. The first-order valence-corrected chi connectivity index (χ1v) is 5.15. The summed E-state index contributed by atoms with van der Waals surface area (Å²) in [7, 11) is 0. The van der Waals surface area contributed by atoms with E-state index in [4.69, 9.17) is 11.6 Å². The van der Waals surface area contributed by atoms with Gasteiger partial charge in [0, 0.05) is 6.42 Å². The fraction of sp³-hybridized carbons (Fsp3) is 0.222. The van der Waals surface area contributed by atoms with E-state index in [2.05, 4.69) is 15.9 Å². The predicted octanol–water partition coefficient (Wildman–Crippen LogP) is 2.99. The second-order valence-corrected chi connectivity index (χ2v) is 3.50. The molecule has 0 fully saturated rings. The molecule has 0 aromatic heterocycles. The third-order valence-corrected chi connectivity index (χ3v) is 2.62. The Labute approximate surface area is 89.0 Å². The van der Waals surface area contributed by atoms with Gasteiger partial charge >= 0.3 is 0 Å². The van der Waals surface area contributed by atoms with Gasteiger partial charge in [-0.05, 0) is 11.6 Å². The van der Waals surface area contributed by atoms with Crippen LogP contribution in [0.4, 0.5) is 4.39 Å². The second-order valence-electron chi connectivity index (χ2n) is 2.56. The first-order chi connectivity index (χ1) is 6.15. The molecule has 0 aliphatic carbocycles. The molecular weight excluding hydrogens is 258 g/mol. The van der Waals surface area contributed by atoms with Crippen LogP contribution in [0.1, 0.15) is 5.56 Å². The molecule has 0 radical (unpaired) electrons. The molecule has 0 unspecified atom stereocenters. The zero-order chi connectivity index (χ0) is 9.84. The second kappa shape index (κ2) is 4.72. The molecule has 0 amide bonds. The highest BCUT2D eigenvalue weighted by atomic mass is 79.9. The molecule has 1 nitrogen and oxygen atoms in total. The maximum Gasteiger partial charge on any atom is 0.147 e. The highest BCUT2D eigenvalue weighted by molar-refractivity contribution is 9.09. The monoisotopic (exact) mass is 264 g/mol. The van der Waals surface area contributed by atoms with Crippen molar-refractivity contribution in [3.8, 4) is 0 Å². The molecule has 0 saturated heterocycles. The van der Waals surface area contributed by atoms with Gasteiger partial charge in [-0.1, -0.05) is 39.7 Å². The number of alkyl halides is 1. The van der Waals surface area contributed by atoms with Crippen LogP contribution in [0.3, 0.4) is 0 Å². The maximum absolute atomic E-state index is 12.9. The molecular formula is C9H7BrClFO. The molecule has 1 aromatic carbocycles. The number of benzene rings is 1. The third-order valence-electron chi connectivity index (χ3n) is 1.57. The quantitative estimate of drug-likeness (QED) is 0.768. The minimum Gasteiger partial charge on any atom is -0.298 e. The Morgan fingerprint density at radius 3 is 2.85 bits per heavy atom. The van der Waals surface area contributed by atoms with E-state index in [1.54, 1.807) is 6.07 Å². The lowest BCUT2D eigenvalue weighted by Gasteiger charge is -2.02. The van der Waals surface area contributed by atoms with Gasteiger partial charge in [0.15, 0.2) is 0 Å². The lowest BCUT2D eigenvalue weighted by molar-refractivity contribution is -0.115. The Bertz CT molecular complexity index is 327. The Hall–Kier alpha value is -0.410. The highest BCUT2D eigenvalue weighted by Gasteiger charge is 2.08. The predicted molar refractivity (Wildman–Crippen MR) is 53.9 cm³/mol. The summed E-state index contributed by atoms with van der Waals surface area (Å²) in [5.41, 5.74) is 0.533. The summed E-state index contributed by atoms with van der Waals surface area (Å²) in [4.78, 5) is 11.0. The van der Waals surface area contributed by atoms with Crippen LogP contribution in [0.25, 0.3) is 0 Å². The molecule has 0 N–H and O–H groups in total. The van der Waals surface area contributed by atoms with Gasteiger partial charge in [-0.3, -0.25) is 4.79 Å². The Kier molecular flexibility index (Phi) is 3.88. The number of halogens is 3. The van der Waals surface area contributed by atoms with E-state index in [-0.39, 0.29) is 22.6 Å². The van der Waals surface area contributed by atoms with Crippen LogP contribution in [0.15, 0.2) is 18.2 Å². The molecule has 0 spiro atoms. The maximum atomic E-state index is 12.9. The van der Waals surface area contributed by atoms with Gasteiger partial charge in [0.05, 0.1) is 10.4 Å². The first kappa shape index (κ1) is 10.7. The van der Waals surface area contributed by atoms with Crippen LogP contribution >= 0.6 is 27.5 Å². The molecule has 1 aromatic rings. The summed E-state index contributed by atoms with van der Waals surface area (Å²) in [6.07, 6.45) is 0.168. The van der Waals surface area contributed by atoms with Crippen LogP contribution in [0.2, 0.25) is 5.02 Å². The van der Waals surface area contributed by atoms with Gasteiger partial charge < -0.3 is 0 Å². The molecule has 0 atom stereocenters. The number of rotatable bonds is 3. The van der Waals surface area contributed by atoms with E-state index in [1.165, 1.54) is 12.1 Å². The van der Waals surface area contributed by atoms with Gasteiger partial charge in [0.25, 0.3) is 0 Å². The Morgan fingerprint density at radius 2 is 2.23 bits per heavy atom. The van der Waals surface area contributed by atoms with E-state index in [9.17, 15) is 9.18 Å². The summed E-state index contributed by atoms with van der Waals surface area (Å²) < 4.78 is 12.9. The number of Topliss-reactive ketones (excluding diaryl/α,β-unsaturated/α-hetero) is 1. The molecule has 0 aliphatic heterocycles. The lowest BCUT2D eigenvalue weighted by Crippen LogP contribution is -2.04. The summed E-state index contributed by atoms with van der Waals surface area (Å²) in [6, 6.07) is 4.45. The van der Waals surface area contributed by atoms with E-state index >= 15 is 0 Å². The van der Waals surface area contributed by atoms with Crippen molar-refractivity contribution < 1.29 is 9.18 Å². The number of carbonyl (C=O) groups excluding carboxylic acids is 1. The van der Waals surface area contributed by atoms with Gasteiger partial charge in [-0.2, -0.15) is 0 Å². The first-order valence-electron chi connectivity index (χ1n) is 3.65. The van der Waals surface area contributed by atoms with Crippen molar-refractivity contribution in [2.24, 2.45) is 0 Å². The van der Waals surface area contributed by atoms with Crippen LogP contribution in [-0.4, -0.2) is 11.1 Å². The van der Waals surface area contributed by atoms with Gasteiger partial charge in [-0.25, -0.2) is 4.39 Å². The van der Waals surface area contributed by atoms with Crippen molar-refractivity contribution >= 4 is 33.3 Å². The van der Waals surface area contributed by atoms with Crippen molar-refractivity contribution in [3.63, 3.8) is 0 Å². The molecule has 0 heterocycles. The largest absolute Gasteiger partial charge is 0.298 e. The van der Waals surface area contributed by atoms with E-state index in [0.29, 0.717) is 5.56 Å². The average Bonchev–Trinajstić information content (AvgIpc) is 2.13. The molecule has 1 rings (SSSR count). The number of ketones is 1. The van der Waals surface area contributed by atoms with Gasteiger partial charge in [0.2, 0.25) is 0 Å². The molecule has 70 valence electrons. The van der Waals surface area contributed by atoms with Gasteiger partial charge in [-0.15, -0.1) is 0 Å². The van der Waals surface area contributed by atoms with E-state index in [1.807, 2.05) is 0 Å². The topological polar surface area (TPSA) is 17.1 Å². The minimum atomic E-state index is -0.485. The van der Waals surface area contributed by atoms with Crippen molar-refractivity contribution in [2.45, 2.75) is 6.42 Å². The van der Waals surface area contributed by atoms with Crippen LogP contribution < -0.4 is 0 Å². The number of carbonyl (C=O) groups is 1. The third kappa shape index (κ3) is 2.78. The Morgan fingerprint density at radius 1 is 1.54 bits per heavy atom. The summed E-state index contributed by atoms with van der Waals surface area (Å²) in [5.74, 6) is -0.506. The highest BCUT2D eigenvalue weighted by Crippen LogP contribution is 2.20. The molecule has 0 aliphatic rings. The van der Waals surface area contributed by atoms with Crippen LogP contribution in [0.5, 0.6) is 0 Å². The Balaban J connectivity index is 2.89. The summed E-state index contributed by atoms with van der Waals surface area (Å²) in [5, 5.41) is 0.302. The summed E-state index contributed by atoms with van der Waals surface area (Å²) >= 11 is 8.68. The van der Waals surface area contributed by atoms with Crippen LogP contribution in [-0.2, 0) is 11.2 Å². The SMILES string of the molecule is O=C(CBr)Cc1cccc(F)c1Cl. The fourth-order valence-electron chi connectivity index (χ4n) is 0.945. The fourth-order valence-corrected chi connectivity index (χ4v) is 1.34. The zero-order valence-electron chi connectivity index (χ0n) is 6.69. The van der Waals surface area contributed by atoms with Crippen molar-refractivity contribution in [2.75, 3.05) is 5.33 Å². The number of hydrogen-bond donors (Lipinski definition) is 0. The average molecular weight is 266 g/mol. The number of hydrogen-bond acceptors (Lipinski definition) is 1. The molecule has 0 saturated carbocycles. The zero-order valence-corrected chi connectivity index (χ0v) is 9.03. The molecule has 4 heteroatoms. The molecule has 13 heavy (non-hydrogen) atoms. The molecule has 0 bridgehead atoms. The van der Waals surface area contributed by atoms with Crippen LogP contribution in [0, 0.1) is 5.82 Å². The summed E-state index contributed by atoms with van der Waals surface area (Å²) in [6.45, 7) is 0. The standard InChI is InChI=1S/C9H7BrClFO/c10-5-7(13)4-6-2-1-3-8(12)9(6)11/h1-3H,4-5H2. The van der Waals surface area contributed by atoms with E-state index in [0.717, 1.165) is 0 Å². The van der Waals surface area contributed by atoms with Crippen molar-refractivity contribution in [3.05, 3.63) is 34.6 Å². The van der Waals surface area contributed by atoms with Crippen molar-refractivity contribution in [1.29, 1.82) is 0 Å². The van der Waals surface area contributed by atoms with Crippen molar-refractivity contribution in [1.82, 2.24) is 0 Å². The smallest absolute Gasteiger partial charge is 0.147 e. The van der Waals surface area contributed by atoms with E-state index < -0.39 is 5.82 Å². The normalized spacial score (nSPS) is 10.1. The minimum absolute atomic E-state index is 0.0208. The van der Waals surface area contributed by atoms with Gasteiger partial charge in [0.1, 0.15) is 11.6 Å².